The van der Waals surface area contributed by atoms with Crippen molar-refractivity contribution in [1.29, 1.82) is 0 Å². The second-order valence-corrected chi connectivity index (χ2v) is 6.74. The number of nitrogens with zero attached hydrogens (tertiary/aromatic N) is 2. The Morgan fingerprint density at radius 1 is 1.13 bits per heavy atom. The topological polar surface area (TPSA) is 119 Å². The molecule has 30 heavy (non-hydrogen) atoms. The molecule has 1 aliphatic heterocycles. The van der Waals surface area contributed by atoms with Crippen molar-refractivity contribution in [3.63, 3.8) is 0 Å². The lowest BCUT2D eigenvalue weighted by Crippen LogP contribution is -2.33. The number of carbonyl (C=O) groups excluding carboxylic acids is 3. The number of hydrogen-bond acceptors (Lipinski definition) is 6. The molecule has 0 spiro atoms. The van der Waals surface area contributed by atoms with Crippen LogP contribution in [0.2, 0.25) is 0 Å². The fraction of sp³-hybridized carbons (Fsp3) is 0.286. The van der Waals surface area contributed by atoms with E-state index in [9.17, 15) is 24.5 Å². The number of unbranched alkanes of at least 4 members (excludes halogenated alkanes) is 1. The minimum atomic E-state index is -0.760. The molecule has 2 aromatic carbocycles. The minimum Gasteiger partial charge on any atom is -0.494 e. The fourth-order valence-corrected chi connectivity index (χ4v) is 3.08. The van der Waals surface area contributed by atoms with Gasteiger partial charge in [-0.15, -0.1) is 0 Å². The zero-order valence-electron chi connectivity index (χ0n) is 16.4. The van der Waals surface area contributed by atoms with Gasteiger partial charge < -0.3 is 10.1 Å². The van der Waals surface area contributed by atoms with Gasteiger partial charge in [0.1, 0.15) is 11.3 Å². The molecular weight excluding hydrogens is 390 g/mol. The molecule has 9 nitrogen and oxygen atoms in total. The number of rotatable bonds is 9. The number of carbonyl (C=O) groups is 3. The number of amides is 3. The second kappa shape index (κ2) is 9.17. The summed E-state index contributed by atoms with van der Waals surface area (Å²) in [5.41, 5.74) is -0.111. The number of hydrogen-bond donors (Lipinski definition) is 1. The summed E-state index contributed by atoms with van der Waals surface area (Å²) in [4.78, 5) is 48.5. The molecule has 0 aliphatic carbocycles. The third-order valence-corrected chi connectivity index (χ3v) is 4.64. The van der Waals surface area contributed by atoms with E-state index >= 15 is 0 Å². The normalized spacial score (nSPS) is 12.6. The van der Waals surface area contributed by atoms with Gasteiger partial charge in [0.25, 0.3) is 17.5 Å². The Bertz CT molecular complexity index is 987. The number of nitro groups is 1. The monoisotopic (exact) mass is 411 g/mol. The maximum Gasteiger partial charge on any atom is 0.282 e. The maximum absolute atomic E-state index is 12.5. The molecule has 1 N–H and O–H groups in total. The van der Waals surface area contributed by atoms with Gasteiger partial charge in [-0.1, -0.05) is 19.4 Å². The van der Waals surface area contributed by atoms with Crippen molar-refractivity contribution in [1.82, 2.24) is 4.90 Å². The van der Waals surface area contributed by atoms with Gasteiger partial charge in [0.15, 0.2) is 0 Å². The van der Waals surface area contributed by atoms with E-state index in [1.165, 1.54) is 18.2 Å². The van der Waals surface area contributed by atoms with Crippen LogP contribution < -0.4 is 10.1 Å². The van der Waals surface area contributed by atoms with Crippen molar-refractivity contribution in [2.75, 3.05) is 18.5 Å². The highest BCUT2D eigenvalue weighted by Crippen LogP contribution is 2.30. The molecule has 0 saturated heterocycles. The van der Waals surface area contributed by atoms with Gasteiger partial charge in [-0.05, 0) is 36.8 Å². The number of anilines is 1. The van der Waals surface area contributed by atoms with Gasteiger partial charge in [0.05, 0.1) is 17.1 Å². The van der Waals surface area contributed by atoms with Gasteiger partial charge in [0.2, 0.25) is 5.91 Å². The van der Waals surface area contributed by atoms with Crippen molar-refractivity contribution in [2.45, 2.75) is 26.2 Å². The van der Waals surface area contributed by atoms with Crippen LogP contribution in [0.25, 0.3) is 0 Å². The van der Waals surface area contributed by atoms with Gasteiger partial charge in [0, 0.05) is 24.7 Å². The molecular formula is C21H21N3O6. The highest BCUT2D eigenvalue weighted by molar-refractivity contribution is 6.23. The zero-order chi connectivity index (χ0) is 21.7. The van der Waals surface area contributed by atoms with Crippen molar-refractivity contribution in [3.8, 4) is 5.75 Å². The first-order valence-corrected chi connectivity index (χ1v) is 9.58. The van der Waals surface area contributed by atoms with Crippen LogP contribution in [0.5, 0.6) is 5.75 Å². The van der Waals surface area contributed by atoms with E-state index in [4.69, 9.17) is 4.74 Å². The van der Waals surface area contributed by atoms with E-state index < -0.39 is 22.4 Å². The zero-order valence-corrected chi connectivity index (χ0v) is 16.4. The van der Waals surface area contributed by atoms with Crippen LogP contribution in [0.4, 0.5) is 11.4 Å². The molecule has 1 aliphatic rings. The number of imide groups is 1. The minimum absolute atomic E-state index is 0.0201. The van der Waals surface area contributed by atoms with E-state index in [1.807, 2.05) is 0 Å². The lowest BCUT2D eigenvalue weighted by Gasteiger charge is -2.13. The first-order chi connectivity index (χ1) is 14.4. The third kappa shape index (κ3) is 4.45. The molecule has 0 unspecified atom stereocenters. The Kier molecular flexibility index (Phi) is 6.41. The first-order valence-electron chi connectivity index (χ1n) is 9.58. The average molecular weight is 411 g/mol. The van der Waals surface area contributed by atoms with E-state index in [1.54, 1.807) is 24.3 Å². The summed E-state index contributed by atoms with van der Waals surface area (Å²) in [6.07, 6.45) is 1.86. The molecule has 9 heteroatoms. The standard InChI is InChI=1S/C21H21N3O6/c1-2-3-13-30-15-9-7-14(8-10-15)22-18(25)11-12-23-20(26)16-5-4-6-17(24(28)29)19(16)21(23)27/h4-10H,2-3,11-13H2,1H3,(H,22,25). The highest BCUT2D eigenvalue weighted by atomic mass is 16.6. The first kappa shape index (κ1) is 21.0. The number of benzene rings is 2. The van der Waals surface area contributed by atoms with Gasteiger partial charge in [-0.3, -0.25) is 29.4 Å². The number of fused-ring (bicyclic) bond motifs is 1. The van der Waals surface area contributed by atoms with Gasteiger partial charge >= 0.3 is 0 Å². The molecule has 156 valence electrons. The Labute approximate surface area is 172 Å². The Morgan fingerprint density at radius 2 is 1.87 bits per heavy atom. The summed E-state index contributed by atoms with van der Waals surface area (Å²) in [6, 6.07) is 10.8. The largest absolute Gasteiger partial charge is 0.494 e. The Morgan fingerprint density at radius 3 is 2.53 bits per heavy atom. The Hall–Kier alpha value is -3.75. The fourth-order valence-electron chi connectivity index (χ4n) is 3.08. The summed E-state index contributed by atoms with van der Waals surface area (Å²) in [5, 5.41) is 13.8. The molecule has 1 heterocycles. The van der Waals surface area contributed by atoms with E-state index in [0.717, 1.165) is 17.7 Å². The maximum atomic E-state index is 12.5. The summed E-state index contributed by atoms with van der Waals surface area (Å²) in [5.74, 6) is -1.08. The van der Waals surface area contributed by atoms with Crippen LogP contribution in [0, 0.1) is 10.1 Å². The lowest BCUT2D eigenvalue weighted by molar-refractivity contribution is -0.385. The number of ether oxygens (including phenoxy) is 1. The van der Waals surface area contributed by atoms with E-state index in [2.05, 4.69) is 12.2 Å². The van der Waals surface area contributed by atoms with Crippen LogP contribution in [0.1, 0.15) is 46.9 Å². The average Bonchev–Trinajstić information content (AvgIpc) is 2.98. The molecule has 0 fully saturated rings. The summed E-state index contributed by atoms with van der Waals surface area (Å²) in [7, 11) is 0. The summed E-state index contributed by atoms with van der Waals surface area (Å²) >= 11 is 0. The molecule has 0 radical (unpaired) electrons. The molecule has 0 aromatic heterocycles. The number of nitro benzene ring substituents is 1. The van der Waals surface area contributed by atoms with Crippen molar-refractivity contribution >= 4 is 29.1 Å². The molecule has 0 saturated carbocycles. The predicted molar refractivity (Wildman–Crippen MR) is 109 cm³/mol. The van der Waals surface area contributed by atoms with Crippen LogP contribution >= 0.6 is 0 Å². The number of nitrogens with one attached hydrogen (secondary N) is 1. The van der Waals surface area contributed by atoms with Crippen LogP contribution in [-0.4, -0.2) is 40.7 Å². The SMILES string of the molecule is CCCCOc1ccc(NC(=O)CCN2C(=O)c3cccc([N+](=O)[O-])c3C2=O)cc1. The summed E-state index contributed by atoms with van der Waals surface area (Å²) in [6.45, 7) is 2.53. The molecule has 0 bridgehead atoms. The highest BCUT2D eigenvalue weighted by Gasteiger charge is 2.40. The van der Waals surface area contributed by atoms with Crippen LogP contribution in [0.3, 0.4) is 0 Å². The molecule has 3 amide bonds. The second-order valence-electron chi connectivity index (χ2n) is 6.74. The Balaban J connectivity index is 1.57. The van der Waals surface area contributed by atoms with Gasteiger partial charge in [-0.2, -0.15) is 0 Å². The quantitative estimate of drug-likeness (QED) is 0.292. The van der Waals surface area contributed by atoms with E-state index in [-0.39, 0.29) is 30.0 Å². The van der Waals surface area contributed by atoms with Crippen LogP contribution in [-0.2, 0) is 4.79 Å². The lowest BCUT2D eigenvalue weighted by atomic mass is 10.1. The molecule has 2 aromatic rings. The van der Waals surface area contributed by atoms with Crippen molar-refractivity contribution in [2.24, 2.45) is 0 Å². The predicted octanol–water partition coefficient (Wildman–Crippen LogP) is 3.40. The molecule has 0 atom stereocenters. The van der Waals surface area contributed by atoms with E-state index in [0.29, 0.717) is 18.0 Å². The summed E-state index contributed by atoms with van der Waals surface area (Å²) < 4.78 is 5.56. The smallest absolute Gasteiger partial charge is 0.282 e. The van der Waals surface area contributed by atoms with Crippen LogP contribution in [0.15, 0.2) is 42.5 Å². The van der Waals surface area contributed by atoms with Crippen molar-refractivity contribution in [3.05, 3.63) is 63.7 Å². The molecule has 3 rings (SSSR count). The third-order valence-electron chi connectivity index (χ3n) is 4.64. The van der Waals surface area contributed by atoms with Crippen molar-refractivity contribution < 1.29 is 24.0 Å². The van der Waals surface area contributed by atoms with Gasteiger partial charge in [-0.25, -0.2) is 0 Å².